The van der Waals surface area contributed by atoms with Gasteiger partial charge in [-0.25, -0.2) is 9.97 Å². The molecule has 0 aliphatic carbocycles. The molecule has 0 radical (unpaired) electrons. The van der Waals surface area contributed by atoms with Gasteiger partial charge in [0.05, 0.1) is 0 Å². The molecule has 19 heavy (non-hydrogen) atoms. The molecule has 1 aromatic heterocycles. The Morgan fingerprint density at radius 2 is 2.00 bits per heavy atom. The number of benzene rings is 1. The van der Waals surface area contributed by atoms with Gasteiger partial charge in [0.2, 0.25) is 5.95 Å². The van der Waals surface area contributed by atoms with Gasteiger partial charge in [0.1, 0.15) is 0 Å². The molecule has 1 heterocycles. The van der Waals surface area contributed by atoms with E-state index in [0.29, 0.717) is 12.5 Å². The Bertz CT molecular complexity index is 502. The van der Waals surface area contributed by atoms with Crippen LogP contribution in [0.4, 0.5) is 5.95 Å². The van der Waals surface area contributed by atoms with E-state index in [1.807, 2.05) is 31.2 Å². The minimum atomic E-state index is 0.177. The van der Waals surface area contributed by atoms with Crippen molar-refractivity contribution in [1.82, 2.24) is 9.97 Å². The lowest BCUT2D eigenvalue weighted by molar-refractivity contribution is 0.277. The number of aromatic nitrogens is 2. The van der Waals surface area contributed by atoms with Gasteiger partial charge in [0, 0.05) is 31.0 Å². The Kier molecular flexibility index (Phi) is 4.86. The van der Waals surface area contributed by atoms with Crippen molar-refractivity contribution in [3.05, 3.63) is 53.9 Å². The Morgan fingerprint density at radius 1 is 1.21 bits per heavy atom. The summed E-state index contributed by atoms with van der Waals surface area (Å²) >= 11 is 0. The number of rotatable bonds is 6. The predicted molar refractivity (Wildman–Crippen MR) is 76.1 cm³/mol. The molecule has 0 amide bonds. The summed E-state index contributed by atoms with van der Waals surface area (Å²) in [4.78, 5) is 8.49. The first-order valence-corrected chi connectivity index (χ1v) is 6.49. The molecule has 2 rings (SSSR count). The second-order valence-electron chi connectivity index (χ2n) is 4.52. The van der Waals surface area contributed by atoms with E-state index in [2.05, 4.69) is 27.4 Å². The lowest BCUT2D eigenvalue weighted by Crippen LogP contribution is -2.15. The Balaban J connectivity index is 2.01. The SMILES string of the molecule is Cc1ccnc(NCC(CCO)c2ccccc2)n1. The van der Waals surface area contributed by atoms with Crippen molar-refractivity contribution in [2.24, 2.45) is 0 Å². The summed E-state index contributed by atoms with van der Waals surface area (Å²) in [7, 11) is 0. The maximum absolute atomic E-state index is 9.18. The van der Waals surface area contributed by atoms with Gasteiger partial charge in [-0.2, -0.15) is 0 Å². The third kappa shape index (κ3) is 4.03. The highest BCUT2D eigenvalue weighted by atomic mass is 16.3. The molecule has 1 unspecified atom stereocenters. The molecule has 0 saturated heterocycles. The van der Waals surface area contributed by atoms with Gasteiger partial charge in [-0.15, -0.1) is 0 Å². The number of hydrogen-bond acceptors (Lipinski definition) is 4. The van der Waals surface area contributed by atoms with Gasteiger partial charge in [-0.3, -0.25) is 0 Å². The summed E-state index contributed by atoms with van der Waals surface area (Å²) in [5.74, 6) is 0.897. The summed E-state index contributed by atoms with van der Waals surface area (Å²) in [5, 5.41) is 12.4. The first-order valence-electron chi connectivity index (χ1n) is 6.49. The highest BCUT2D eigenvalue weighted by Gasteiger charge is 2.11. The number of nitrogens with zero attached hydrogens (tertiary/aromatic N) is 2. The van der Waals surface area contributed by atoms with Gasteiger partial charge < -0.3 is 10.4 Å². The second-order valence-corrected chi connectivity index (χ2v) is 4.52. The van der Waals surface area contributed by atoms with Gasteiger partial charge in [-0.1, -0.05) is 30.3 Å². The number of aryl methyl sites for hydroxylation is 1. The van der Waals surface area contributed by atoms with Crippen LogP contribution in [0.3, 0.4) is 0 Å². The maximum Gasteiger partial charge on any atom is 0.222 e. The van der Waals surface area contributed by atoms with Crippen LogP contribution in [0.25, 0.3) is 0 Å². The molecule has 1 aromatic carbocycles. The predicted octanol–water partition coefficient (Wildman–Crippen LogP) is 2.36. The van der Waals surface area contributed by atoms with Crippen LogP contribution in [-0.4, -0.2) is 28.2 Å². The van der Waals surface area contributed by atoms with E-state index in [4.69, 9.17) is 0 Å². The molecule has 0 saturated carbocycles. The third-order valence-electron chi connectivity index (χ3n) is 3.05. The zero-order valence-electron chi connectivity index (χ0n) is 11.1. The van der Waals surface area contributed by atoms with E-state index < -0.39 is 0 Å². The highest BCUT2D eigenvalue weighted by Crippen LogP contribution is 2.19. The fraction of sp³-hybridized carbons (Fsp3) is 0.333. The molecular weight excluding hydrogens is 238 g/mol. The molecule has 100 valence electrons. The third-order valence-corrected chi connectivity index (χ3v) is 3.05. The molecule has 0 bridgehead atoms. The van der Waals surface area contributed by atoms with Crippen LogP contribution in [0, 0.1) is 6.92 Å². The molecule has 0 fully saturated rings. The standard InChI is InChI=1S/C15H19N3O/c1-12-7-9-16-15(18-12)17-11-14(8-10-19)13-5-3-2-4-6-13/h2-7,9,14,19H,8,10-11H2,1H3,(H,16,17,18). The Hall–Kier alpha value is -1.94. The number of aliphatic hydroxyl groups is 1. The van der Waals surface area contributed by atoms with Crippen LogP contribution in [0.5, 0.6) is 0 Å². The minimum absolute atomic E-state index is 0.177. The number of aliphatic hydroxyl groups excluding tert-OH is 1. The molecule has 0 aliphatic heterocycles. The summed E-state index contributed by atoms with van der Waals surface area (Å²) < 4.78 is 0. The number of hydrogen-bond donors (Lipinski definition) is 2. The van der Waals surface area contributed by atoms with Gasteiger partial charge >= 0.3 is 0 Å². The van der Waals surface area contributed by atoms with Gasteiger partial charge in [0.25, 0.3) is 0 Å². The minimum Gasteiger partial charge on any atom is -0.396 e. The summed E-state index contributed by atoms with van der Waals surface area (Å²) in [5.41, 5.74) is 2.16. The van der Waals surface area contributed by atoms with Crippen molar-refractivity contribution in [3.8, 4) is 0 Å². The summed E-state index contributed by atoms with van der Waals surface area (Å²) in [6.07, 6.45) is 2.47. The second kappa shape index (κ2) is 6.85. The van der Waals surface area contributed by atoms with Crippen molar-refractivity contribution in [2.45, 2.75) is 19.3 Å². The fourth-order valence-electron chi connectivity index (χ4n) is 2.02. The maximum atomic E-state index is 9.18. The zero-order chi connectivity index (χ0) is 13.5. The van der Waals surface area contributed by atoms with Crippen LogP contribution in [-0.2, 0) is 0 Å². The quantitative estimate of drug-likeness (QED) is 0.834. The molecule has 0 spiro atoms. The van der Waals surface area contributed by atoms with Crippen LogP contribution >= 0.6 is 0 Å². The van der Waals surface area contributed by atoms with Crippen molar-refractivity contribution in [2.75, 3.05) is 18.5 Å². The highest BCUT2D eigenvalue weighted by molar-refractivity contribution is 5.28. The average Bonchev–Trinajstić information content (AvgIpc) is 2.44. The molecule has 2 N–H and O–H groups in total. The van der Waals surface area contributed by atoms with Crippen molar-refractivity contribution < 1.29 is 5.11 Å². The monoisotopic (exact) mass is 257 g/mol. The zero-order valence-corrected chi connectivity index (χ0v) is 11.1. The van der Waals surface area contributed by atoms with Crippen LogP contribution < -0.4 is 5.32 Å². The summed E-state index contributed by atoms with van der Waals surface area (Å²) in [6.45, 7) is 2.83. The van der Waals surface area contributed by atoms with Gasteiger partial charge in [-0.05, 0) is 25.0 Å². The van der Waals surface area contributed by atoms with E-state index in [9.17, 15) is 5.11 Å². The van der Waals surface area contributed by atoms with E-state index in [1.54, 1.807) is 6.20 Å². The Labute approximate surface area is 113 Å². The molecular formula is C15H19N3O. The van der Waals surface area contributed by atoms with Crippen molar-refractivity contribution >= 4 is 5.95 Å². The van der Waals surface area contributed by atoms with Crippen molar-refractivity contribution in [1.29, 1.82) is 0 Å². The first kappa shape index (κ1) is 13.5. The van der Waals surface area contributed by atoms with Crippen molar-refractivity contribution in [3.63, 3.8) is 0 Å². The molecule has 0 aliphatic rings. The van der Waals surface area contributed by atoms with Crippen LogP contribution in [0.2, 0.25) is 0 Å². The normalized spacial score (nSPS) is 12.1. The molecule has 4 nitrogen and oxygen atoms in total. The topological polar surface area (TPSA) is 58.0 Å². The lowest BCUT2D eigenvalue weighted by Gasteiger charge is -2.17. The lowest BCUT2D eigenvalue weighted by atomic mass is 9.96. The number of anilines is 1. The number of nitrogens with one attached hydrogen (secondary N) is 1. The first-order chi connectivity index (χ1) is 9.29. The molecule has 2 aromatic rings. The molecule has 4 heteroatoms. The largest absolute Gasteiger partial charge is 0.396 e. The van der Waals surface area contributed by atoms with E-state index >= 15 is 0 Å². The summed E-state index contributed by atoms with van der Waals surface area (Å²) in [6, 6.07) is 12.1. The van der Waals surface area contributed by atoms with Gasteiger partial charge in [0.15, 0.2) is 0 Å². The van der Waals surface area contributed by atoms with E-state index in [1.165, 1.54) is 5.56 Å². The Morgan fingerprint density at radius 3 is 2.68 bits per heavy atom. The van der Waals surface area contributed by atoms with Crippen LogP contribution in [0.1, 0.15) is 23.6 Å². The van der Waals surface area contributed by atoms with Crippen LogP contribution in [0.15, 0.2) is 42.6 Å². The average molecular weight is 257 g/mol. The van der Waals surface area contributed by atoms with E-state index in [-0.39, 0.29) is 12.5 Å². The fourth-order valence-corrected chi connectivity index (χ4v) is 2.02. The molecule has 1 atom stereocenters. The smallest absolute Gasteiger partial charge is 0.222 e. The van der Waals surface area contributed by atoms with E-state index in [0.717, 1.165) is 12.1 Å².